The van der Waals surface area contributed by atoms with Crippen molar-refractivity contribution in [1.29, 1.82) is 0 Å². The van der Waals surface area contributed by atoms with Gasteiger partial charge in [-0.05, 0) is 31.6 Å². The van der Waals surface area contributed by atoms with Gasteiger partial charge in [-0.15, -0.1) is 0 Å². The Hall–Kier alpha value is -1.88. The largest absolute Gasteiger partial charge is 0.354 e. The van der Waals surface area contributed by atoms with Gasteiger partial charge in [0.1, 0.15) is 0 Å². The van der Waals surface area contributed by atoms with Gasteiger partial charge in [0.05, 0.1) is 0 Å². The molecule has 5 heteroatoms. The molecule has 2 amide bonds. The molecule has 20 heavy (non-hydrogen) atoms. The molecule has 0 aromatic heterocycles. The molecule has 5 nitrogen and oxygen atoms in total. The average molecular weight is 275 g/mol. The molecule has 0 atom stereocenters. The van der Waals surface area contributed by atoms with Crippen molar-refractivity contribution in [2.45, 2.75) is 12.8 Å². The fourth-order valence-corrected chi connectivity index (χ4v) is 2.35. The molecule has 1 saturated heterocycles. The van der Waals surface area contributed by atoms with Crippen molar-refractivity contribution in [2.24, 2.45) is 0 Å². The lowest BCUT2D eigenvalue weighted by molar-refractivity contribution is -0.120. The molecule has 1 aliphatic rings. The first-order chi connectivity index (χ1) is 9.72. The van der Waals surface area contributed by atoms with E-state index in [1.54, 1.807) is 4.90 Å². The highest BCUT2D eigenvalue weighted by atomic mass is 16.2. The second-order valence-electron chi connectivity index (χ2n) is 4.90. The Bertz CT molecular complexity index is 488. The summed E-state index contributed by atoms with van der Waals surface area (Å²) >= 11 is 0. The van der Waals surface area contributed by atoms with Crippen LogP contribution in [-0.2, 0) is 11.2 Å². The maximum absolute atomic E-state index is 12.6. The number of carbonyl (C=O) groups excluding carboxylic acids is 2. The Morgan fingerprint density at radius 3 is 2.95 bits per heavy atom. The number of nitrogens with one attached hydrogen (secondary N) is 2. The van der Waals surface area contributed by atoms with Crippen molar-refractivity contribution in [3.05, 3.63) is 35.4 Å². The summed E-state index contributed by atoms with van der Waals surface area (Å²) in [7, 11) is 1.90. The zero-order valence-corrected chi connectivity index (χ0v) is 11.8. The van der Waals surface area contributed by atoms with Crippen LogP contribution < -0.4 is 10.6 Å². The Morgan fingerprint density at radius 1 is 1.35 bits per heavy atom. The van der Waals surface area contributed by atoms with Crippen LogP contribution in [0.1, 0.15) is 22.3 Å². The van der Waals surface area contributed by atoms with Crippen LogP contribution in [-0.4, -0.2) is 49.9 Å². The van der Waals surface area contributed by atoms with E-state index in [1.165, 1.54) is 0 Å². The van der Waals surface area contributed by atoms with Crippen molar-refractivity contribution in [1.82, 2.24) is 15.5 Å². The molecule has 108 valence electrons. The van der Waals surface area contributed by atoms with E-state index in [0.717, 1.165) is 24.1 Å². The monoisotopic (exact) mass is 275 g/mol. The third-order valence-electron chi connectivity index (χ3n) is 3.49. The molecule has 0 aliphatic carbocycles. The summed E-state index contributed by atoms with van der Waals surface area (Å²) in [4.78, 5) is 25.7. The Labute approximate surface area is 119 Å². The van der Waals surface area contributed by atoms with Gasteiger partial charge in [-0.2, -0.15) is 0 Å². The van der Waals surface area contributed by atoms with Crippen LogP contribution in [0.4, 0.5) is 0 Å². The van der Waals surface area contributed by atoms with E-state index in [4.69, 9.17) is 0 Å². The highest BCUT2D eigenvalue weighted by molar-refractivity contribution is 5.96. The van der Waals surface area contributed by atoms with Crippen molar-refractivity contribution >= 4 is 11.8 Å². The Balaban J connectivity index is 2.13. The van der Waals surface area contributed by atoms with Crippen LogP contribution in [0.25, 0.3) is 0 Å². The minimum absolute atomic E-state index is 0.0174. The molecule has 0 radical (unpaired) electrons. The van der Waals surface area contributed by atoms with Crippen molar-refractivity contribution in [3.8, 4) is 0 Å². The predicted octanol–water partition coefficient (Wildman–Crippen LogP) is 0.411. The van der Waals surface area contributed by atoms with E-state index >= 15 is 0 Å². The van der Waals surface area contributed by atoms with Crippen LogP contribution in [0.5, 0.6) is 0 Å². The molecule has 1 fully saturated rings. The molecule has 0 spiro atoms. The van der Waals surface area contributed by atoms with Gasteiger partial charge in [0, 0.05) is 31.6 Å². The molecule has 1 aliphatic heterocycles. The van der Waals surface area contributed by atoms with Gasteiger partial charge >= 0.3 is 0 Å². The zero-order valence-electron chi connectivity index (χ0n) is 11.8. The molecular formula is C15H21N3O2. The Kier molecular flexibility index (Phi) is 5.12. The maximum atomic E-state index is 12.6. The second-order valence-corrected chi connectivity index (χ2v) is 4.90. The Morgan fingerprint density at radius 2 is 2.15 bits per heavy atom. The molecule has 1 heterocycles. The average Bonchev–Trinajstić information content (AvgIpc) is 2.69. The normalized spacial score (nSPS) is 15.7. The number of benzene rings is 1. The third-order valence-corrected chi connectivity index (χ3v) is 3.49. The van der Waals surface area contributed by atoms with E-state index in [0.29, 0.717) is 26.1 Å². The van der Waals surface area contributed by atoms with Gasteiger partial charge in [-0.3, -0.25) is 9.59 Å². The zero-order chi connectivity index (χ0) is 14.4. The summed E-state index contributed by atoms with van der Waals surface area (Å²) in [6, 6.07) is 7.70. The lowest BCUT2D eigenvalue weighted by Crippen LogP contribution is -2.34. The molecule has 0 saturated carbocycles. The number of amides is 2. The van der Waals surface area contributed by atoms with E-state index in [9.17, 15) is 9.59 Å². The molecular weight excluding hydrogens is 254 g/mol. The van der Waals surface area contributed by atoms with Gasteiger partial charge in [-0.1, -0.05) is 18.2 Å². The SMILES string of the molecule is CNCCc1ccccc1C(=O)N1CCNC(=O)CC1. The first-order valence-electron chi connectivity index (χ1n) is 7.01. The van der Waals surface area contributed by atoms with Crippen LogP contribution in [0.3, 0.4) is 0 Å². The van der Waals surface area contributed by atoms with Crippen LogP contribution in [0, 0.1) is 0 Å². The minimum atomic E-state index is 0.0174. The van der Waals surface area contributed by atoms with Gasteiger partial charge in [0.2, 0.25) is 5.91 Å². The summed E-state index contributed by atoms with van der Waals surface area (Å²) in [5, 5.41) is 5.89. The van der Waals surface area contributed by atoms with Crippen LogP contribution in [0.15, 0.2) is 24.3 Å². The smallest absolute Gasteiger partial charge is 0.254 e. The summed E-state index contributed by atoms with van der Waals surface area (Å²) in [6.07, 6.45) is 1.20. The number of likely N-dealkylation sites (N-methyl/N-ethyl adjacent to an activating group) is 1. The number of rotatable bonds is 4. The van der Waals surface area contributed by atoms with E-state index in [-0.39, 0.29) is 11.8 Å². The fourth-order valence-electron chi connectivity index (χ4n) is 2.35. The summed E-state index contributed by atoms with van der Waals surface area (Å²) < 4.78 is 0. The van der Waals surface area contributed by atoms with Crippen molar-refractivity contribution < 1.29 is 9.59 Å². The fraction of sp³-hybridized carbons (Fsp3) is 0.467. The standard InChI is InChI=1S/C15H21N3O2/c1-16-8-6-12-4-2-3-5-13(12)15(20)18-10-7-14(19)17-9-11-18/h2-5,16H,6-11H2,1H3,(H,17,19). The van der Waals surface area contributed by atoms with Gasteiger partial charge < -0.3 is 15.5 Å². The second kappa shape index (κ2) is 7.05. The summed E-state index contributed by atoms with van der Waals surface area (Å²) in [5.74, 6) is 0.0389. The van der Waals surface area contributed by atoms with Crippen molar-refractivity contribution in [2.75, 3.05) is 33.2 Å². The predicted molar refractivity (Wildman–Crippen MR) is 77.6 cm³/mol. The lowest BCUT2D eigenvalue weighted by Gasteiger charge is -2.21. The van der Waals surface area contributed by atoms with Gasteiger partial charge in [0.15, 0.2) is 0 Å². The van der Waals surface area contributed by atoms with Crippen molar-refractivity contribution in [3.63, 3.8) is 0 Å². The molecule has 0 bridgehead atoms. The number of hydrogen-bond acceptors (Lipinski definition) is 3. The van der Waals surface area contributed by atoms with Gasteiger partial charge in [-0.25, -0.2) is 0 Å². The number of hydrogen-bond donors (Lipinski definition) is 2. The molecule has 1 aromatic carbocycles. The molecule has 2 N–H and O–H groups in total. The maximum Gasteiger partial charge on any atom is 0.254 e. The summed E-state index contributed by atoms with van der Waals surface area (Å²) in [6.45, 7) is 2.43. The first-order valence-corrected chi connectivity index (χ1v) is 7.01. The van der Waals surface area contributed by atoms with Crippen LogP contribution >= 0.6 is 0 Å². The third kappa shape index (κ3) is 3.57. The summed E-state index contributed by atoms with van der Waals surface area (Å²) in [5.41, 5.74) is 1.80. The topological polar surface area (TPSA) is 61.4 Å². The molecule has 1 aromatic rings. The minimum Gasteiger partial charge on any atom is -0.354 e. The lowest BCUT2D eigenvalue weighted by atomic mass is 10.0. The highest BCUT2D eigenvalue weighted by Crippen LogP contribution is 2.13. The number of carbonyl (C=O) groups is 2. The highest BCUT2D eigenvalue weighted by Gasteiger charge is 2.21. The molecule has 0 unspecified atom stereocenters. The first kappa shape index (κ1) is 14.5. The molecule has 2 rings (SSSR count). The number of nitrogens with zero attached hydrogens (tertiary/aromatic N) is 1. The van der Waals surface area contributed by atoms with E-state index in [1.807, 2.05) is 31.3 Å². The van der Waals surface area contributed by atoms with Crippen LogP contribution in [0.2, 0.25) is 0 Å². The van der Waals surface area contributed by atoms with E-state index in [2.05, 4.69) is 10.6 Å². The van der Waals surface area contributed by atoms with E-state index < -0.39 is 0 Å². The van der Waals surface area contributed by atoms with Gasteiger partial charge in [0.25, 0.3) is 5.91 Å². The quantitative estimate of drug-likeness (QED) is 0.837.